The molecule has 0 spiro atoms. The SMILES string of the molecule is CCNC(=NCc1csc(N(C)C)n1)NCC1(Cc2ccccc2)CC1. The molecule has 140 valence electrons. The van der Waals surface area contributed by atoms with Crippen LogP contribution in [0.5, 0.6) is 0 Å². The van der Waals surface area contributed by atoms with E-state index in [4.69, 9.17) is 4.99 Å². The van der Waals surface area contributed by atoms with Gasteiger partial charge in [-0.15, -0.1) is 11.3 Å². The van der Waals surface area contributed by atoms with Crippen LogP contribution in [0.25, 0.3) is 0 Å². The molecule has 0 bridgehead atoms. The molecule has 1 fully saturated rings. The van der Waals surface area contributed by atoms with Gasteiger partial charge < -0.3 is 15.5 Å². The number of benzene rings is 1. The van der Waals surface area contributed by atoms with Crippen molar-refractivity contribution < 1.29 is 0 Å². The van der Waals surface area contributed by atoms with Gasteiger partial charge in [0.1, 0.15) is 0 Å². The zero-order valence-corrected chi connectivity index (χ0v) is 16.8. The third-order valence-electron chi connectivity index (χ3n) is 4.68. The second kappa shape index (κ2) is 8.54. The molecular formula is C20H29N5S. The quantitative estimate of drug-likeness (QED) is 0.552. The van der Waals surface area contributed by atoms with Gasteiger partial charge in [-0.1, -0.05) is 30.3 Å². The first-order chi connectivity index (χ1) is 12.6. The molecule has 2 N–H and O–H groups in total. The van der Waals surface area contributed by atoms with Crippen molar-refractivity contribution in [3.63, 3.8) is 0 Å². The largest absolute Gasteiger partial charge is 0.357 e. The molecule has 0 unspecified atom stereocenters. The zero-order valence-electron chi connectivity index (χ0n) is 16.0. The average Bonchev–Trinajstić information content (AvgIpc) is 3.22. The summed E-state index contributed by atoms with van der Waals surface area (Å²) in [4.78, 5) is 11.3. The Labute approximate surface area is 160 Å². The fraction of sp³-hybridized carbons (Fsp3) is 0.500. The van der Waals surface area contributed by atoms with Crippen molar-refractivity contribution in [3.8, 4) is 0 Å². The van der Waals surface area contributed by atoms with E-state index in [1.165, 1.54) is 18.4 Å². The number of rotatable bonds is 8. The summed E-state index contributed by atoms with van der Waals surface area (Å²) in [5.41, 5.74) is 2.82. The van der Waals surface area contributed by atoms with E-state index in [1.807, 2.05) is 19.0 Å². The summed E-state index contributed by atoms with van der Waals surface area (Å²) >= 11 is 1.66. The maximum atomic E-state index is 4.71. The molecule has 0 amide bonds. The van der Waals surface area contributed by atoms with E-state index in [1.54, 1.807) is 11.3 Å². The van der Waals surface area contributed by atoms with Crippen LogP contribution in [0.3, 0.4) is 0 Å². The lowest BCUT2D eigenvalue weighted by atomic mass is 9.96. The smallest absolute Gasteiger partial charge is 0.191 e. The van der Waals surface area contributed by atoms with Crippen LogP contribution < -0.4 is 15.5 Å². The highest BCUT2D eigenvalue weighted by molar-refractivity contribution is 7.13. The van der Waals surface area contributed by atoms with Gasteiger partial charge in [-0.05, 0) is 37.2 Å². The molecule has 1 heterocycles. The molecule has 26 heavy (non-hydrogen) atoms. The molecule has 0 aliphatic heterocycles. The van der Waals surface area contributed by atoms with Gasteiger partial charge in [0.2, 0.25) is 0 Å². The molecule has 1 saturated carbocycles. The Morgan fingerprint density at radius 2 is 2.00 bits per heavy atom. The number of anilines is 1. The number of nitrogens with zero attached hydrogens (tertiary/aromatic N) is 3. The van der Waals surface area contributed by atoms with Crippen molar-refractivity contribution in [2.45, 2.75) is 32.7 Å². The van der Waals surface area contributed by atoms with E-state index in [2.05, 4.69) is 58.3 Å². The zero-order chi connectivity index (χ0) is 18.4. The summed E-state index contributed by atoms with van der Waals surface area (Å²) in [5, 5.41) is 10.0. The Bertz CT molecular complexity index is 719. The van der Waals surface area contributed by atoms with E-state index in [-0.39, 0.29) is 0 Å². The molecule has 1 aromatic heterocycles. The number of aliphatic imine (C=N–C) groups is 1. The predicted molar refractivity (Wildman–Crippen MR) is 111 cm³/mol. The lowest BCUT2D eigenvalue weighted by molar-refractivity contribution is 0.492. The van der Waals surface area contributed by atoms with E-state index >= 15 is 0 Å². The number of aromatic nitrogens is 1. The van der Waals surface area contributed by atoms with Gasteiger partial charge in [-0.3, -0.25) is 0 Å². The molecule has 0 radical (unpaired) electrons. The normalized spacial score (nSPS) is 15.6. The highest BCUT2D eigenvalue weighted by Gasteiger charge is 2.42. The summed E-state index contributed by atoms with van der Waals surface area (Å²) < 4.78 is 0. The van der Waals surface area contributed by atoms with Crippen LogP contribution in [-0.4, -0.2) is 38.1 Å². The van der Waals surface area contributed by atoms with Crippen LogP contribution >= 0.6 is 11.3 Å². The van der Waals surface area contributed by atoms with Crippen LogP contribution in [-0.2, 0) is 13.0 Å². The Hall–Kier alpha value is -2.08. The summed E-state index contributed by atoms with van der Waals surface area (Å²) in [7, 11) is 4.03. The van der Waals surface area contributed by atoms with Crippen LogP contribution in [0.15, 0.2) is 40.7 Å². The number of nitrogens with one attached hydrogen (secondary N) is 2. The fourth-order valence-electron chi connectivity index (χ4n) is 2.97. The standard InChI is InChI=1S/C20H29N5S/c1-4-21-18(22-13-17-14-26-19(24-17)25(2)3)23-15-20(10-11-20)12-16-8-6-5-7-9-16/h5-9,14H,4,10-13,15H2,1-3H3,(H2,21,22,23). The van der Waals surface area contributed by atoms with E-state index in [9.17, 15) is 0 Å². The van der Waals surface area contributed by atoms with Crippen molar-refractivity contribution in [1.29, 1.82) is 0 Å². The van der Waals surface area contributed by atoms with E-state index < -0.39 is 0 Å². The minimum Gasteiger partial charge on any atom is -0.357 e. The predicted octanol–water partition coefficient (Wildman–Crippen LogP) is 3.29. The molecule has 2 aromatic rings. The highest BCUT2D eigenvalue weighted by Crippen LogP contribution is 2.47. The average molecular weight is 372 g/mol. The Morgan fingerprint density at radius 3 is 2.62 bits per heavy atom. The van der Waals surface area contributed by atoms with Crippen LogP contribution in [0.4, 0.5) is 5.13 Å². The number of hydrogen-bond acceptors (Lipinski definition) is 4. The fourth-order valence-corrected chi connectivity index (χ4v) is 3.72. The van der Waals surface area contributed by atoms with Gasteiger partial charge in [-0.25, -0.2) is 9.98 Å². The summed E-state index contributed by atoms with van der Waals surface area (Å²) in [6, 6.07) is 10.8. The second-order valence-corrected chi connectivity index (χ2v) is 8.06. The monoisotopic (exact) mass is 371 g/mol. The Balaban J connectivity index is 1.56. The lowest BCUT2D eigenvalue weighted by Crippen LogP contribution is -2.40. The number of thiazole rings is 1. The maximum absolute atomic E-state index is 4.71. The molecule has 0 atom stereocenters. The molecule has 3 rings (SSSR count). The maximum Gasteiger partial charge on any atom is 0.191 e. The summed E-state index contributed by atoms with van der Waals surface area (Å²) in [6.45, 7) is 4.53. The molecule has 1 aromatic carbocycles. The van der Waals surface area contributed by atoms with Gasteiger partial charge in [0, 0.05) is 32.6 Å². The molecule has 0 saturated heterocycles. The molecule has 1 aliphatic rings. The summed E-state index contributed by atoms with van der Waals surface area (Å²) in [5.74, 6) is 0.881. The number of guanidine groups is 1. The van der Waals surface area contributed by atoms with Crippen LogP contribution in [0.1, 0.15) is 31.0 Å². The van der Waals surface area contributed by atoms with Crippen molar-refractivity contribution in [3.05, 3.63) is 47.0 Å². The Morgan fingerprint density at radius 1 is 1.23 bits per heavy atom. The van der Waals surface area contributed by atoms with Gasteiger partial charge in [0.15, 0.2) is 11.1 Å². The minimum atomic E-state index is 0.385. The lowest BCUT2D eigenvalue weighted by Gasteiger charge is -2.18. The van der Waals surface area contributed by atoms with Crippen molar-refractivity contribution >= 4 is 22.4 Å². The Kier molecular flexibility index (Phi) is 6.14. The third-order valence-corrected chi connectivity index (χ3v) is 5.73. The van der Waals surface area contributed by atoms with Crippen molar-refractivity contribution in [2.24, 2.45) is 10.4 Å². The summed E-state index contributed by atoms with van der Waals surface area (Å²) in [6.07, 6.45) is 3.71. The van der Waals surface area contributed by atoms with Gasteiger partial charge in [0.25, 0.3) is 0 Å². The van der Waals surface area contributed by atoms with Gasteiger partial charge in [0.05, 0.1) is 12.2 Å². The minimum absolute atomic E-state index is 0.385. The molecule has 1 aliphatic carbocycles. The van der Waals surface area contributed by atoms with Crippen LogP contribution in [0, 0.1) is 5.41 Å². The van der Waals surface area contributed by atoms with E-state index in [0.29, 0.717) is 12.0 Å². The number of hydrogen-bond donors (Lipinski definition) is 2. The van der Waals surface area contributed by atoms with Crippen molar-refractivity contribution in [2.75, 3.05) is 32.1 Å². The highest BCUT2D eigenvalue weighted by atomic mass is 32.1. The van der Waals surface area contributed by atoms with Crippen LogP contribution in [0.2, 0.25) is 0 Å². The molecule has 6 heteroatoms. The van der Waals surface area contributed by atoms with Gasteiger partial charge in [-0.2, -0.15) is 0 Å². The van der Waals surface area contributed by atoms with Crippen molar-refractivity contribution in [1.82, 2.24) is 15.6 Å². The third kappa shape index (κ3) is 5.21. The topological polar surface area (TPSA) is 52.6 Å². The first kappa shape index (κ1) is 18.7. The molecule has 5 nitrogen and oxygen atoms in total. The second-order valence-electron chi connectivity index (χ2n) is 7.23. The first-order valence-corrected chi connectivity index (χ1v) is 10.2. The van der Waals surface area contributed by atoms with Gasteiger partial charge >= 0.3 is 0 Å². The first-order valence-electron chi connectivity index (χ1n) is 9.28. The molecular weight excluding hydrogens is 342 g/mol. The van der Waals surface area contributed by atoms with E-state index in [0.717, 1.165) is 36.3 Å².